The van der Waals surface area contributed by atoms with E-state index in [4.69, 9.17) is 0 Å². The van der Waals surface area contributed by atoms with Gasteiger partial charge < -0.3 is 4.98 Å². The monoisotopic (exact) mass is 463 g/mol. The molecule has 0 saturated carbocycles. The molecule has 1 atom stereocenters. The summed E-state index contributed by atoms with van der Waals surface area (Å²) in [6, 6.07) is 18.3. The second-order valence-corrected chi connectivity index (χ2v) is 9.37. The minimum atomic E-state index is -1.39. The molecule has 0 aliphatic heterocycles. The maximum atomic E-state index is 13.5. The van der Waals surface area contributed by atoms with Crippen molar-refractivity contribution in [1.82, 2.24) is 13.9 Å². The van der Waals surface area contributed by atoms with E-state index in [-0.39, 0.29) is 0 Å². The molecule has 4 nitrogen and oxygen atoms in total. The van der Waals surface area contributed by atoms with Gasteiger partial charge in [-0.15, -0.1) is 0 Å². The van der Waals surface area contributed by atoms with Crippen molar-refractivity contribution in [3.8, 4) is 11.1 Å². The van der Waals surface area contributed by atoms with E-state index < -0.39 is 11.0 Å². The lowest BCUT2D eigenvalue weighted by Crippen LogP contribution is -2.07. The van der Waals surface area contributed by atoms with Crippen molar-refractivity contribution in [2.45, 2.75) is 18.7 Å². The molecule has 6 heteroatoms. The van der Waals surface area contributed by atoms with Crippen LogP contribution in [0.4, 0.5) is 0 Å². The second-order valence-electron chi connectivity index (χ2n) is 7.12. The molecule has 0 aliphatic rings. The Balaban J connectivity index is 1.78. The molecule has 1 unspecified atom stereocenters. The normalized spacial score (nSPS) is 12.7. The van der Waals surface area contributed by atoms with Crippen LogP contribution in [-0.2, 0) is 11.0 Å². The fourth-order valence-electron chi connectivity index (χ4n) is 3.77. The number of aromatic nitrogens is 3. The summed E-state index contributed by atoms with van der Waals surface area (Å²) in [5, 5.41) is 2.12. The van der Waals surface area contributed by atoms with E-state index in [1.165, 1.54) is 0 Å². The standard InChI is InChI=1S/C23H18BrN3OS/c1-14-3-6-19(7-4-14)29(28)27-15(2)22(20-12-18(24)13-26-23(20)27)17-5-8-21-16(11-17)9-10-25-21/h3-13,25H,1-2H3. The first-order chi connectivity index (χ1) is 14.0. The van der Waals surface area contributed by atoms with Crippen molar-refractivity contribution in [1.29, 1.82) is 0 Å². The summed E-state index contributed by atoms with van der Waals surface area (Å²) in [5.74, 6) is 0. The van der Waals surface area contributed by atoms with Crippen LogP contribution in [0.2, 0.25) is 0 Å². The largest absolute Gasteiger partial charge is 0.361 e. The molecule has 29 heavy (non-hydrogen) atoms. The highest BCUT2D eigenvalue weighted by Gasteiger charge is 2.21. The van der Waals surface area contributed by atoms with Gasteiger partial charge in [0.1, 0.15) is 0 Å². The van der Waals surface area contributed by atoms with Gasteiger partial charge in [0.15, 0.2) is 16.6 Å². The molecule has 5 rings (SSSR count). The van der Waals surface area contributed by atoms with Crippen molar-refractivity contribution < 1.29 is 4.21 Å². The van der Waals surface area contributed by atoms with E-state index in [0.717, 1.165) is 48.0 Å². The van der Waals surface area contributed by atoms with Crippen molar-refractivity contribution in [2.24, 2.45) is 0 Å². The summed E-state index contributed by atoms with van der Waals surface area (Å²) < 4.78 is 16.2. The summed E-state index contributed by atoms with van der Waals surface area (Å²) in [6.07, 6.45) is 3.69. The number of rotatable bonds is 3. The minimum Gasteiger partial charge on any atom is -0.361 e. The maximum Gasteiger partial charge on any atom is 0.158 e. The van der Waals surface area contributed by atoms with Crippen LogP contribution < -0.4 is 0 Å². The molecule has 0 bridgehead atoms. The van der Waals surface area contributed by atoms with Crippen LogP contribution in [0.15, 0.2) is 76.4 Å². The zero-order chi connectivity index (χ0) is 20.1. The van der Waals surface area contributed by atoms with Gasteiger partial charge in [-0.3, -0.25) is 0 Å². The number of nitrogens with one attached hydrogen (secondary N) is 1. The van der Waals surface area contributed by atoms with Gasteiger partial charge in [0.05, 0.1) is 4.90 Å². The summed E-state index contributed by atoms with van der Waals surface area (Å²) in [6.45, 7) is 4.04. The Kier molecular flexibility index (Phi) is 4.41. The fraction of sp³-hybridized carbons (Fsp3) is 0.0870. The van der Waals surface area contributed by atoms with Gasteiger partial charge in [0, 0.05) is 39.0 Å². The third kappa shape index (κ3) is 3.03. The van der Waals surface area contributed by atoms with Gasteiger partial charge in [0.2, 0.25) is 0 Å². The first-order valence-corrected chi connectivity index (χ1v) is 11.2. The number of aryl methyl sites for hydroxylation is 1. The predicted octanol–water partition coefficient (Wildman–Crippen LogP) is 6.13. The number of aromatic amines is 1. The molecule has 0 radical (unpaired) electrons. The van der Waals surface area contributed by atoms with Crippen LogP contribution in [0.3, 0.4) is 0 Å². The lowest BCUT2D eigenvalue weighted by Gasteiger charge is -2.08. The zero-order valence-electron chi connectivity index (χ0n) is 15.9. The fourth-order valence-corrected chi connectivity index (χ4v) is 5.32. The SMILES string of the molecule is Cc1ccc(S(=O)n2c(C)c(-c3ccc4[nH]ccc4c3)c3cc(Br)cnc32)cc1. The third-order valence-corrected chi connectivity index (χ3v) is 7.08. The van der Waals surface area contributed by atoms with Crippen molar-refractivity contribution in [3.05, 3.63) is 82.7 Å². The van der Waals surface area contributed by atoms with E-state index in [2.05, 4.69) is 56.2 Å². The number of benzene rings is 2. The molecular weight excluding hydrogens is 446 g/mol. The summed E-state index contributed by atoms with van der Waals surface area (Å²) in [7, 11) is -1.39. The molecule has 0 saturated heterocycles. The number of halogens is 1. The first kappa shape index (κ1) is 18.3. The van der Waals surface area contributed by atoms with Crippen molar-refractivity contribution in [2.75, 3.05) is 0 Å². The van der Waals surface area contributed by atoms with Gasteiger partial charge in [0.25, 0.3) is 0 Å². The Hall–Kier alpha value is -2.70. The average molecular weight is 464 g/mol. The number of fused-ring (bicyclic) bond motifs is 2. The number of hydrogen-bond acceptors (Lipinski definition) is 2. The molecule has 0 aliphatic carbocycles. The smallest absolute Gasteiger partial charge is 0.158 e. The van der Waals surface area contributed by atoms with Crippen LogP contribution in [0, 0.1) is 13.8 Å². The van der Waals surface area contributed by atoms with Gasteiger partial charge in [-0.1, -0.05) is 23.8 Å². The van der Waals surface area contributed by atoms with E-state index in [1.54, 1.807) is 6.20 Å². The van der Waals surface area contributed by atoms with Crippen molar-refractivity contribution >= 4 is 48.9 Å². The number of pyridine rings is 1. The average Bonchev–Trinajstić information content (AvgIpc) is 3.28. The summed E-state index contributed by atoms with van der Waals surface area (Å²) >= 11 is 3.54. The second kappa shape index (κ2) is 6.97. The summed E-state index contributed by atoms with van der Waals surface area (Å²) in [4.78, 5) is 8.61. The quantitative estimate of drug-likeness (QED) is 0.349. The van der Waals surface area contributed by atoms with E-state index in [0.29, 0.717) is 5.65 Å². The molecular formula is C23H18BrN3OS. The highest BCUT2D eigenvalue weighted by atomic mass is 79.9. The summed E-state index contributed by atoms with van der Waals surface area (Å²) in [5.41, 5.74) is 6.02. The van der Waals surface area contributed by atoms with Gasteiger partial charge in [-0.05, 0) is 77.1 Å². The Morgan fingerprint density at radius 2 is 1.83 bits per heavy atom. The van der Waals surface area contributed by atoms with Gasteiger partial charge >= 0.3 is 0 Å². The van der Waals surface area contributed by atoms with Gasteiger partial charge in [-0.25, -0.2) is 13.2 Å². The predicted molar refractivity (Wildman–Crippen MR) is 122 cm³/mol. The van der Waals surface area contributed by atoms with Crippen LogP contribution >= 0.6 is 15.9 Å². The number of hydrogen-bond donors (Lipinski definition) is 1. The molecule has 0 spiro atoms. The topological polar surface area (TPSA) is 50.7 Å². The highest BCUT2D eigenvalue weighted by molar-refractivity contribution is 9.10. The van der Waals surface area contributed by atoms with E-state index in [1.807, 2.05) is 48.3 Å². The number of H-pyrrole nitrogens is 1. The van der Waals surface area contributed by atoms with Crippen LogP contribution in [0.1, 0.15) is 11.3 Å². The van der Waals surface area contributed by atoms with E-state index >= 15 is 0 Å². The number of nitrogens with zero attached hydrogens (tertiary/aromatic N) is 2. The third-order valence-electron chi connectivity index (χ3n) is 5.19. The van der Waals surface area contributed by atoms with Crippen molar-refractivity contribution in [3.63, 3.8) is 0 Å². The van der Waals surface area contributed by atoms with Crippen LogP contribution in [0.5, 0.6) is 0 Å². The Labute approximate surface area is 179 Å². The highest BCUT2D eigenvalue weighted by Crippen LogP contribution is 2.37. The lowest BCUT2D eigenvalue weighted by atomic mass is 10.0. The Morgan fingerprint density at radius 1 is 1.03 bits per heavy atom. The molecule has 0 fully saturated rings. The van der Waals surface area contributed by atoms with Crippen LogP contribution in [-0.4, -0.2) is 18.1 Å². The minimum absolute atomic E-state index is 0.716. The molecule has 0 amide bonds. The molecule has 144 valence electrons. The molecule has 3 aromatic heterocycles. The Morgan fingerprint density at radius 3 is 2.62 bits per heavy atom. The molecule has 2 aromatic carbocycles. The van der Waals surface area contributed by atoms with E-state index in [9.17, 15) is 4.21 Å². The molecule has 3 heterocycles. The molecule has 1 N–H and O–H groups in total. The Bertz CT molecular complexity index is 1400. The zero-order valence-corrected chi connectivity index (χ0v) is 18.3. The maximum absolute atomic E-state index is 13.5. The molecule has 5 aromatic rings. The first-order valence-electron chi connectivity index (χ1n) is 9.26. The lowest BCUT2D eigenvalue weighted by molar-refractivity contribution is 0.677. The van der Waals surface area contributed by atoms with Crippen LogP contribution in [0.25, 0.3) is 33.1 Å². The van der Waals surface area contributed by atoms with Gasteiger partial charge in [-0.2, -0.15) is 0 Å².